The molecule has 130 valence electrons. The lowest BCUT2D eigenvalue weighted by molar-refractivity contribution is -0.129. The number of amides is 1. The number of aromatic nitrogens is 2. The maximum Gasteiger partial charge on any atom is 0.260 e. The van der Waals surface area contributed by atoms with Crippen molar-refractivity contribution >= 4 is 15.9 Å². The van der Waals surface area contributed by atoms with Crippen LogP contribution in [0.2, 0.25) is 0 Å². The quantitative estimate of drug-likeness (QED) is 0.837. The molecular weight excluding hydrogens is 316 g/mol. The number of sulfonamides is 1. The molecule has 23 heavy (non-hydrogen) atoms. The second kappa shape index (κ2) is 7.44. The molecule has 7 nitrogen and oxygen atoms in total. The highest BCUT2D eigenvalue weighted by Crippen LogP contribution is 2.24. The van der Waals surface area contributed by atoms with Crippen molar-refractivity contribution in [3.63, 3.8) is 0 Å². The predicted octanol–water partition coefficient (Wildman–Crippen LogP) is 1.05. The Hall–Kier alpha value is -1.41. The minimum atomic E-state index is -3.75. The van der Waals surface area contributed by atoms with Gasteiger partial charge in [-0.2, -0.15) is 0 Å². The summed E-state index contributed by atoms with van der Waals surface area (Å²) in [5.74, 6) is 0.922. The largest absolute Gasteiger partial charge is 0.344 e. The molecule has 8 heteroatoms. The molecule has 1 aliphatic carbocycles. The highest BCUT2D eigenvalue weighted by Gasteiger charge is 2.22. The van der Waals surface area contributed by atoms with Gasteiger partial charge < -0.3 is 9.47 Å². The van der Waals surface area contributed by atoms with Crippen LogP contribution in [0.15, 0.2) is 11.2 Å². The molecule has 0 aromatic carbocycles. The topological polar surface area (TPSA) is 84.3 Å². The van der Waals surface area contributed by atoms with Crippen LogP contribution in [0.3, 0.4) is 0 Å². The fraction of sp³-hybridized carbons (Fsp3) is 0.733. The number of imidazole rings is 1. The molecule has 1 aromatic rings. The Morgan fingerprint density at radius 2 is 2.04 bits per heavy atom. The molecular formula is C15H26N4O3S. The van der Waals surface area contributed by atoms with Gasteiger partial charge in [0.25, 0.3) is 10.0 Å². The average molecular weight is 342 g/mol. The van der Waals surface area contributed by atoms with Crippen LogP contribution in [0.1, 0.15) is 37.9 Å². The Bertz CT molecular complexity index is 628. The van der Waals surface area contributed by atoms with E-state index < -0.39 is 10.0 Å². The van der Waals surface area contributed by atoms with Gasteiger partial charge in [-0.3, -0.25) is 4.79 Å². The molecule has 0 unspecified atom stereocenters. The van der Waals surface area contributed by atoms with E-state index in [1.54, 1.807) is 30.5 Å². The molecule has 0 spiro atoms. The zero-order valence-electron chi connectivity index (χ0n) is 14.1. The smallest absolute Gasteiger partial charge is 0.260 e. The highest BCUT2D eigenvalue weighted by molar-refractivity contribution is 7.89. The SMILES string of the molecule is Cc1nc(S(=O)(=O)NCC(=O)N(C)CC2CCCCC2)cn1C. The van der Waals surface area contributed by atoms with Gasteiger partial charge in [-0.15, -0.1) is 0 Å². The molecule has 0 aliphatic heterocycles. The molecule has 0 saturated heterocycles. The summed E-state index contributed by atoms with van der Waals surface area (Å²) in [4.78, 5) is 17.8. The zero-order valence-corrected chi connectivity index (χ0v) is 14.9. The van der Waals surface area contributed by atoms with Crippen molar-refractivity contribution in [2.24, 2.45) is 13.0 Å². The van der Waals surface area contributed by atoms with E-state index in [4.69, 9.17) is 0 Å². The maximum absolute atomic E-state index is 12.2. The maximum atomic E-state index is 12.2. The van der Waals surface area contributed by atoms with Crippen molar-refractivity contribution < 1.29 is 13.2 Å². The molecule has 1 N–H and O–H groups in total. The third kappa shape index (κ3) is 4.78. The van der Waals surface area contributed by atoms with Crippen LogP contribution in [0.4, 0.5) is 0 Å². The van der Waals surface area contributed by atoms with Gasteiger partial charge in [-0.05, 0) is 25.7 Å². The van der Waals surface area contributed by atoms with Gasteiger partial charge in [0.2, 0.25) is 5.91 Å². The highest BCUT2D eigenvalue weighted by atomic mass is 32.2. The van der Waals surface area contributed by atoms with Gasteiger partial charge in [-0.25, -0.2) is 18.1 Å². The van der Waals surface area contributed by atoms with Crippen LogP contribution in [0.25, 0.3) is 0 Å². The van der Waals surface area contributed by atoms with Gasteiger partial charge in [0.05, 0.1) is 6.54 Å². The molecule has 1 saturated carbocycles. The number of carbonyl (C=O) groups is 1. The number of rotatable bonds is 6. The number of nitrogens with zero attached hydrogens (tertiary/aromatic N) is 3. The number of carbonyl (C=O) groups excluding carboxylic acids is 1. The van der Waals surface area contributed by atoms with Crippen LogP contribution >= 0.6 is 0 Å². The first-order valence-electron chi connectivity index (χ1n) is 8.03. The molecule has 1 amide bonds. The molecule has 2 rings (SSSR count). The van der Waals surface area contributed by atoms with Crippen molar-refractivity contribution in [2.45, 2.75) is 44.1 Å². The molecule has 1 fully saturated rings. The van der Waals surface area contributed by atoms with Crippen LogP contribution in [0, 0.1) is 12.8 Å². The lowest BCUT2D eigenvalue weighted by Crippen LogP contribution is -2.40. The number of likely N-dealkylation sites (N-methyl/N-ethyl adjacent to an activating group) is 1. The summed E-state index contributed by atoms with van der Waals surface area (Å²) in [6, 6.07) is 0. The van der Waals surface area contributed by atoms with Crippen molar-refractivity contribution in [3.8, 4) is 0 Å². The second-order valence-electron chi connectivity index (χ2n) is 6.34. The first-order valence-corrected chi connectivity index (χ1v) is 9.51. The van der Waals surface area contributed by atoms with E-state index in [2.05, 4.69) is 9.71 Å². The Morgan fingerprint density at radius 1 is 1.39 bits per heavy atom. The van der Waals surface area contributed by atoms with Gasteiger partial charge >= 0.3 is 0 Å². The number of hydrogen-bond acceptors (Lipinski definition) is 4. The summed E-state index contributed by atoms with van der Waals surface area (Å²) in [7, 11) is -0.294. The van der Waals surface area contributed by atoms with Crippen molar-refractivity contribution in [2.75, 3.05) is 20.1 Å². The second-order valence-corrected chi connectivity index (χ2v) is 8.05. The Balaban J connectivity index is 1.87. The lowest BCUT2D eigenvalue weighted by atomic mass is 9.89. The molecule has 1 aliphatic rings. The summed E-state index contributed by atoms with van der Waals surface area (Å²) in [5.41, 5.74) is 0. The number of aryl methyl sites for hydroxylation is 2. The number of hydrogen-bond donors (Lipinski definition) is 1. The minimum absolute atomic E-state index is 0.0553. The fourth-order valence-electron chi connectivity index (χ4n) is 2.88. The summed E-state index contributed by atoms with van der Waals surface area (Å²) >= 11 is 0. The van der Waals surface area contributed by atoms with Gasteiger partial charge in [0, 0.05) is 26.8 Å². The first kappa shape index (κ1) is 17.9. The Labute approximate surface area is 138 Å². The van der Waals surface area contributed by atoms with E-state index in [9.17, 15) is 13.2 Å². The predicted molar refractivity (Wildman–Crippen MR) is 87.3 cm³/mol. The molecule has 0 bridgehead atoms. The Morgan fingerprint density at radius 3 is 2.61 bits per heavy atom. The molecule has 0 atom stereocenters. The third-order valence-corrected chi connectivity index (χ3v) is 5.73. The van der Waals surface area contributed by atoms with Gasteiger partial charge in [0.1, 0.15) is 5.82 Å². The summed E-state index contributed by atoms with van der Waals surface area (Å²) in [5, 5.41) is -0.0553. The molecule has 1 aromatic heterocycles. The molecule has 0 radical (unpaired) electrons. The fourth-order valence-corrected chi connectivity index (χ4v) is 3.89. The lowest BCUT2D eigenvalue weighted by Gasteiger charge is -2.27. The van der Waals surface area contributed by atoms with Crippen LogP contribution < -0.4 is 4.72 Å². The van der Waals surface area contributed by atoms with Crippen molar-refractivity contribution in [3.05, 3.63) is 12.0 Å². The van der Waals surface area contributed by atoms with Crippen LogP contribution in [-0.4, -0.2) is 48.9 Å². The summed E-state index contributed by atoms with van der Waals surface area (Å²) in [6.45, 7) is 2.19. The summed E-state index contributed by atoms with van der Waals surface area (Å²) < 4.78 is 28.3. The van der Waals surface area contributed by atoms with Crippen molar-refractivity contribution in [1.82, 2.24) is 19.2 Å². The van der Waals surface area contributed by atoms with E-state index in [-0.39, 0.29) is 17.5 Å². The first-order chi connectivity index (χ1) is 10.8. The Kier molecular flexibility index (Phi) is 5.80. The molecule has 1 heterocycles. The van der Waals surface area contributed by atoms with Gasteiger partial charge in [0.15, 0.2) is 5.03 Å². The van der Waals surface area contributed by atoms with Crippen LogP contribution in [-0.2, 0) is 21.9 Å². The van der Waals surface area contributed by atoms with Crippen molar-refractivity contribution in [1.29, 1.82) is 0 Å². The minimum Gasteiger partial charge on any atom is -0.344 e. The summed E-state index contributed by atoms with van der Waals surface area (Å²) in [6.07, 6.45) is 7.45. The number of nitrogens with one attached hydrogen (secondary N) is 1. The van der Waals surface area contributed by atoms with E-state index in [0.717, 1.165) is 12.8 Å². The van der Waals surface area contributed by atoms with Gasteiger partial charge in [-0.1, -0.05) is 19.3 Å². The monoisotopic (exact) mass is 342 g/mol. The zero-order chi connectivity index (χ0) is 17.0. The third-order valence-electron chi connectivity index (χ3n) is 4.46. The van der Waals surface area contributed by atoms with E-state index in [0.29, 0.717) is 18.3 Å². The average Bonchev–Trinajstić information content (AvgIpc) is 2.86. The van der Waals surface area contributed by atoms with E-state index >= 15 is 0 Å². The standard InChI is InChI=1S/C15H26N4O3S/c1-12-17-14(11-18(12)2)23(21,22)16-9-15(20)19(3)10-13-7-5-4-6-8-13/h11,13,16H,4-10H2,1-3H3. The van der Waals surface area contributed by atoms with E-state index in [1.807, 2.05) is 0 Å². The normalized spacial score (nSPS) is 16.5. The van der Waals surface area contributed by atoms with Crippen LogP contribution in [0.5, 0.6) is 0 Å². The van der Waals surface area contributed by atoms with E-state index in [1.165, 1.54) is 25.5 Å².